The fourth-order valence-corrected chi connectivity index (χ4v) is 4.04. The maximum atomic E-state index is 9.89. The smallest absolute Gasteiger partial charge is 0.0594 e. The van der Waals surface area contributed by atoms with Gasteiger partial charge in [-0.15, -0.1) is 0 Å². The van der Waals surface area contributed by atoms with Crippen LogP contribution in [0.1, 0.15) is 32.1 Å². The lowest BCUT2D eigenvalue weighted by Gasteiger charge is -2.35. The van der Waals surface area contributed by atoms with Gasteiger partial charge in [-0.2, -0.15) is 0 Å². The van der Waals surface area contributed by atoms with Gasteiger partial charge in [0.25, 0.3) is 0 Å². The van der Waals surface area contributed by atoms with Crippen LogP contribution in [0.25, 0.3) is 0 Å². The van der Waals surface area contributed by atoms with E-state index in [2.05, 4.69) is 15.1 Å². The molecular formula is C17H33N3O2. The molecule has 128 valence electrons. The van der Waals surface area contributed by atoms with Crippen molar-refractivity contribution >= 4 is 0 Å². The molecule has 2 atom stereocenters. The molecule has 0 amide bonds. The van der Waals surface area contributed by atoms with Gasteiger partial charge in [-0.3, -0.25) is 4.90 Å². The summed E-state index contributed by atoms with van der Waals surface area (Å²) in [5.74, 6) is 0.499. The topological polar surface area (TPSA) is 48.0 Å². The van der Waals surface area contributed by atoms with Crippen LogP contribution < -0.4 is 5.32 Å². The van der Waals surface area contributed by atoms with Crippen molar-refractivity contribution < 1.29 is 9.84 Å². The van der Waals surface area contributed by atoms with Crippen LogP contribution >= 0.6 is 0 Å². The molecule has 3 fully saturated rings. The second-order valence-electron chi connectivity index (χ2n) is 7.24. The van der Waals surface area contributed by atoms with Gasteiger partial charge in [-0.05, 0) is 44.7 Å². The number of likely N-dealkylation sites (tertiary alicyclic amines) is 1. The predicted molar refractivity (Wildman–Crippen MR) is 88.1 cm³/mol. The van der Waals surface area contributed by atoms with E-state index < -0.39 is 0 Å². The van der Waals surface area contributed by atoms with E-state index in [1.54, 1.807) is 0 Å². The van der Waals surface area contributed by atoms with Gasteiger partial charge < -0.3 is 20.1 Å². The normalized spacial score (nSPS) is 32.6. The Labute approximate surface area is 135 Å². The Balaban J connectivity index is 1.27. The van der Waals surface area contributed by atoms with Crippen molar-refractivity contribution in [2.24, 2.45) is 5.92 Å². The Morgan fingerprint density at radius 3 is 2.23 bits per heavy atom. The third-order valence-electron chi connectivity index (χ3n) is 5.71. The van der Waals surface area contributed by atoms with E-state index in [1.807, 2.05) is 0 Å². The molecule has 2 N–H and O–H groups in total. The summed E-state index contributed by atoms with van der Waals surface area (Å²) in [7, 11) is 0. The highest BCUT2D eigenvalue weighted by atomic mass is 16.5. The minimum Gasteiger partial charge on any atom is -0.393 e. The number of hydrogen-bond acceptors (Lipinski definition) is 5. The molecule has 0 bridgehead atoms. The first kappa shape index (κ1) is 16.7. The monoisotopic (exact) mass is 311 g/mol. The van der Waals surface area contributed by atoms with Gasteiger partial charge in [0.05, 0.1) is 19.3 Å². The second-order valence-corrected chi connectivity index (χ2v) is 7.24. The number of piperidine rings is 1. The van der Waals surface area contributed by atoms with Crippen LogP contribution in [0, 0.1) is 5.92 Å². The molecule has 2 heterocycles. The van der Waals surface area contributed by atoms with Gasteiger partial charge in [-0.1, -0.05) is 6.42 Å². The molecule has 2 aliphatic heterocycles. The summed E-state index contributed by atoms with van der Waals surface area (Å²) in [6.45, 7) is 9.84. The highest BCUT2D eigenvalue weighted by Gasteiger charge is 2.26. The van der Waals surface area contributed by atoms with Crippen molar-refractivity contribution in [3.63, 3.8) is 0 Å². The van der Waals surface area contributed by atoms with Gasteiger partial charge in [0.1, 0.15) is 0 Å². The average molecular weight is 311 g/mol. The molecule has 22 heavy (non-hydrogen) atoms. The number of hydrogen-bond donors (Lipinski definition) is 2. The molecular weight excluding hydrogens is 278 g/mol. The van der Waals surface area contributed by atoms with Crippen LogP contribution in [0.4, 0.5) is 0 Å². The number of ether oxygens (including phenoxy) is 1. The van der Waals surface area contributed by atoms with Crippen molar-refractivity contribution in [1.82, 2.24) is 15.1 Å². The van der Waals surface area contributed by atoms with Gasteiger partial charge in [0.2, 0.25) is 0 Å². The SMILES string of the molecule is OC1CCCC1CNC1CCN(CCN2CCOCC2)CC1. The first-order valence-electron chi connectivity index (χ1n) is 9.25. The number of aliphatic hydroxyl groups is 1. The van der Waals surface area contributed by atoms with E-state index in [4.69, 9.17) is 4.74 Å². The fourth-order valence-electron chi connectivity index (χ4n) is 4.04. The van der Waals surface area contributed by atoms with Crippen molar-refractivity contribution in [3.05, 3.63) is 0 Å². The zero-order valence-electron chi connectivity index (χ0n) is 13.9. The first-order valence-corrected chi connectivity index (χ1v) is 9.25. The molecule has 5 nitrogen and oxygen atoms in total. The zero-order chi connectivity index (χ0) is 15.2. The quantitative estimate of drug-likeness (QED) is 0.749. The molecule has 0 aromatic rings. The summed E-state index contributed by atoms with van der Waals surface area (Å²) in [4.78, 5) is 5.13. The maximum Gasteiger partial charge on any atom is 0.0594 e. The number of rotatable bonds is 6. The van der Waals surface area contributed by atoms with Gasteiger partial charge in [-0.25, -0.2) is 0 Å². The summed E-state index contributed by atoms with van der Waals surface area (Å²) in [5, 5.41) is 13.6. The molecule has 3 rings (SSSR count). The Kier molecular flexibility index (Phi) is 6.51. The lowest BCUT2D eigenvalue weighted by atomic mass is 10.0. The fraction of sp³-hybridized carbons (Fsp3) is 1.00. The Morgan fingerprint density at radius 1 is 0.909 bits per heavy atom. The minimum atomic E-state index is -0.0545. The predicted octanol–water partition coefficient (Wildman–Crippen LogP) is 0.534. The summed E-state index contributed by atoms with van der Waals surface area (Å²) < 4.78 is 5.40. The molecule has 0 aromatic carbocycles. The Bertz CT molecular complexity index is 315. The summed E-state index contributed by atoms with van der Waals surface area (Å²) >= 11 is 0. The van der Waals surface area contributed by atoms with Crippen molar-refractivity contribution in [2.75, 3.05) is 59.0 Å². The highest BCUT2D eigenvalue weighted by Crippen LogP contribution is 2.25. The number of morpholine rings is 1. The van der Waals surface area contributed by atoms with Crippen LogP contribution in [0.2, 0.25) is 0 Å². The third-order valence-corrected chi connectivity index (χ3v) is 5.71. The summed E-state index contributed by atoms with van der Waals surface area (Å²) in [5.41, 5.74) is 0. The van der Waals surface area contributed by atoms with Gasteiger partial charge in [0, 0.05) is 38.8 Å². The van der Waals surface area contributed by atoms with E-state index in [0.29, 0.717) is 12.0 Å². The van der Waals surface area contributed by atoms with Crippen molar-refractivity contribution in [2.45, 2.75) is 44.2 Å². The van der Waals surface area contributed by atoms with E-state index in [-0.39, 0.29) is 6.10 Å². The van der Waals surface area contributed by atoms with Gasteiger partial charge in [0.15, 0.2) is 0 Å². The van der Waals surface area contributed by atoms with Crippen molar-refractivity contribution in [3.8, 4) is 0 Å². The van der Waals surface area contributed by atoms with E-state index in [0.717, 1.165) is 39.3 Å². The minimum absolute atomic E-state index is 0.0545. The summed E-state index contributed by atoms with van der Waals surface area (Å²) in [6, 6.07) is 0.660. The molecule has 1 saturated carbocycles. The van der Waals surface area contributed by atoms with Crippen LogP contribution in [-0.4, -0.2) is 86.1 Å². The van der Waals surface area contributed by atoms with Crippen LogP contribution in [0.3, 0.4) is 0 Å². The van der Waals surface area contributed by atoms with Gasteiger partial charge >= 0.3 is 0 Å². The summed E-state index contributed by atoms with van der Waals surface area (Å²) in [6.07, 6.45) is 5.87. The van der Waals surface area contributed by atoms with E-state index >= 15 is 0 Å². The molecule has 0 radical (unpaired) electrons. The van der Waals surface area contributed by atoms with Crippen LogP contribution in [-0.2, 0) is 4.74 Å². The zero-order valence-corrected chi connectivity index (χ0v) is 13.9. The number of nitrogens with one attached hydrogen (secondary N) is 1. The van der Waals surface area contributed by atoms with Crippen molar-refractivity contribution in [1.29, 1.82) is 0 Å². The molecule has 0 spiro atoms. The molecule has 1 aliphatic carbocycles. The maximum absolute atomic E-state index is 9.89. The average Bonchev–Trinajstić information content (AvgIpc) is 2.98. The standard InChI is InChI=1S/C17H33N3O2/c21-17-3-1-2-15(17)14-18-16-4-6-19(7-5-16)8-9-20-10-12-22-13-11-20/h15-18,21H,1-14H2. The Morgan fingerprint density at radius 2 is 1.59 bits per heavy atom. The molecule has 2 unspecified atom stereocenters. The van der Waals surface area contributed by atoms with Crippen LogP contribution in [0.5, 0.6) is 0 Å². The molecule has 2 saturated heterocycles. The van der Waals surface area contributed by atoms with Crippen LogP contribution in [0.15, 0.2) is 0 Å². The molecule has 0 aromatic heterocycles. The lowest BCUT2D eigenvalue weighted by molar-refractivity contribution is 0.0318. The lowest BCUT2D eigenvalue weighted by Crippen LogP contribution is -2.47. The molecule has 3 aliphatic rings. The van der Waals surface area contributed by atoms with E-state index in [9.17, 15) is 5.11 Å². The third kappa shape index (κ3) is 4.90. The highest BCUT2D eigenvalue weighted by molar-refractivity contribution is 4.83. The number of aliphatic hydroxyl groups excluding tert-OH is 1. The largest absolute Gasteiger partial charge is 0.393 e. The second kappa shape index (κ2) is 8.60. The van der Waals surface area contributed by atoms with E-state index in [1.165, 1.54) is 51.9 Å². The Hall–Kier alpha value is -0.200. The first-order chi connectivity index (χ1) is 10.8. The molecule has 5 heteroatoms. The number of nitrogens with zero attached hydrogens (tertiary/aromatic N) is 2.